The minimum Gasteiger partial charge on any atom is -0.495 e. The van der Waals surface area contributed by atoms with E-state index in [9.17, 15) is 4.39 Å². The lowest BCUT2D eigenvalue weighted by Crippen LogP contribution is -1.90. The van der Waals surface area contributed by atoms with E-state index in [1.54, 1.807) is 6.07 Å². The summed E-state index contributed by atoms with van der Waals surface area (Å²) in [5.41, 5.74) is -0.0826. The van der Waals surface area contributed by atoms with Crippen LogP contribution in [0.5, 0.6) is 5.75 Å². The highest BCUT2D eigenvalue weighted by molar-refractivity contribution is 6.32. The minimum absolute atomic E-state index is 0.0826. The van der Waals surface area contributed by atoms with Crippen molar-refractivity contribution in [2.75, 3.05) is 7.11 Å². The van der Waals surface area contributed by atoms with Crippen molar-refractivity contribution < 1.29 is 9.13 Å². The Morgan fingerprint density at radius 2 is 2.25 bits per heavy atom. The number of ether oxygens (including phenoxy) is 1. The molecule has 0 unspecified atom stereocenters. The monoisotopic (exact) mass is 185 g/mol. The van der Waals surface area contributed by atoms with Gasteiger partial charge in [-0.25, -0.2) is 4.39 Å². The Balaban J connectivity index is 3.32. The Kier molecular flexibility index (Phi) is 2.51. The Labute approximate surface area is 74.1 Å². The molecule has 1 rings (SSSR count). The molecule has 62 valence electrons. The maximum atomic E-state index is 13.0. The third-order valence-corrected chi connectivity index (χ3v) is 1.74. The van der Waals surface area contributed by atoms with Crippen molar-refractivity contribution in [2.45, 2.75) is 0 Å². The molecule has 12 heavy (non-hydrogen) atoms. The van der Waals surface area contributed by atoms with Gasteiger partial charge in [0.05, 0.1) is 12.7 Å². The van der Waals surface area contributed by atoms with Crippen molar-refractivity contribution in [2.24, 2.45) is 0 Å². The van der Waals surface area contributed by atoms with E-state index >= 15 is 0 Å². The standard InChI is InChI=1S/C8H5ClFNO/c1-12-6-3-2-5(4-11)8(10)7(6)9/h2-3H,1H3. The van der Waals surface area contributed by atoms with Crippen LogP contribution in [-0.2, 0) is 0 Å². The van der Waals surface area contributed by atoms with Crippen LogP contribution in [0.25, 0.3) is 0 Å². The van der Waals surface area contributed by atoms with E-state index < -0.39 is 5.82 Å². The zero-order valence-corrected chi connectivity index (χ0v) is 7.02. The van der Waals surface area contributed by atoms with Gasteiger partial charge >= 0.3 is 0 Å². The molecule has 0 amide bonds. The first kappa shape index (κ1) is 8.82. The van der Waals surface area contributed by atoms with Gasteiger partial charge in [0, 0.05) is 0 Å². The van der Waals surface area contributed by atoms with E-state index in [2.05, 4.69) is 0 Å². The molecule has 0 atom stereocenters. The van der Waals surface area contributed by atoms with Gasteiger partial charge in [0.1, 0.15) is 16.8 Å². The van der Waals surface area contributed by atoms with Crippen molar-refractivity contribution >= 4 is 11.6 Å². The highest BCUT2D eigenvalue weighted by atomic mass is 35.5. The van der Waals surface area contributed by atoms with Crippen LogP contribution in [0.1, 0.15) is 5.56 Å². The lowest BCUT2D eigenvalue weighted by Gasteiger charge is -2.03. The molecule has 0 heterocycles. The smallest absolute Gasteiger partial charge is 0.163 e. The van der Waals surface area contributed by atoms with Gasteiger partial charge in [-0.1, -0.05) is 11.6 Å². The molecule has 0 aliphatic carbocycles. The Hall–Kier alpha value is -1.27. The zero-order valence-electron chi connectivity index (χ0n) is 6.27. The molecular formula is C8H5ClFNO. The van der Waals surface area contributed by atoms with Crippen LogP contribution >= 0.6 is 11.6 Å². The summed E-state index contributed by atoms with van der Waals surface area (Å²) in [5, 5.41) is 8.26. The third kappa shape index (κ3) is 1.34. The van der Waals surface area contributed by atoms with E-state index in [4.69, 9.17) is 21.6 Å². The van der Waals surface area contributed by atoms with Gasteiger partial charge in [0.2, 0.25) is 0 Å². The van der Waals surface area contributed by atoms with Crippen LogP contribution in [0.4, 0.5) is 4.39 Å². The highest BCUT2D eigenvalue weighted by Crippen LogP contribution is 2.28. The molecule has 0 spiro atoms. The van der Waals surface area contributed by atoms with E-state index in [1.807, 2.05) is 0 Å². The lowest BCUT2D eigenvalue weighted by atomic mass is 10.2. The fraction of sp³-hybridized carbons (Fsp3) is 0.125. The number of halogens is 2. The summed E-state index contributed by atoms with van der Waals surface area (Å²) >= 11 is 5.53. The molecule has 1 aromatic rings. The van der Waals surface area contributed by atoms with Gasteiger partial charge in [-0.3, -0.25) is 0 Å². The average Bonchev–Trinajstić information content (AvgIpc) is 2.10. The topological polar surface area (TPSA) is 33.0 Å². The number of methoxy groups -OCH3 is 1. The number of nitrogens with zero attached hydrogens (tertiary/aromatic N) is 1. The molecule has 0 fully saturated rings. The van der Waals surface area contributed by atoms with Crippen molar-refractivity contribution in [3.05, 3.63) is 28.5 Å². The molecule has 0 N–H and O–H groups in total. The van der Waals surface area contributed by atoms with Gasteiger partial charge in [-0.2, -0.15) is 5.26 Å². The molecule has 0 saturated carbocycles. The zero-order chi connectivity index (χ0) is 9.14. The molecule has 1 aromatic carbocycles. The second-order valence-corrected chi connectivity index (χ2v) is 2.43. The van der Waals surface area contributed by atoms with E-state index in [-0.39, 0.29) is 16.3 Å². The van der Waals surface area contributed by atoms with Crippen LogP contribution in [0.15, 0.2) is 12.1 Å². The molecule has 0 aliphatic heterocycles. The van der Waals surface area contributed by atoms with E-state index in [1.165, 1.54) is 19.2 Å². The molecule has 0 radical (unpaired) electrons. The van der Waals surface area contributed by atoms with Gasteiger partial charge in [-0.15, -0.1) is 0 Å². The number of rotatable bonds is 1. The predicted octanol–water partition coefficient (Wildman–Crippen LogP) is 2.36. The first-order chi connectivity index (χ1) is 5.70. The fourth-order valence-electron chi connectivity index (χ4n) is 0.776. The summed E-state index contributed by atoms with van der Waals surface area (Å²) in [7, 11) is 1.38. The molecule has 2 nitrogen and oxygen atoms in total. The third-order valence-electron chi connectivity index (χ3n) is 1.39. The number of nitriles is 1. The molecule has 0 bridgehead atoms. The first-order valence-corrected chi connectivity index (χ1v) is 3.50. The number of benzene rings is 1. The largest absolute Gasteiger partial charge is 0.495 e. The SMILES string of the molecule is COc1ccc(C#N)c(F)c1Cl. The average molecular weight is 186 g/mol. The summed E-state index contributed by atoms with van der Waals surface area (Å²) in [6, 6.07) is 4.44. The van der Waals surface area contributed by atoms with Crippen molar-refractivity contribution in [3.8, 4) is 11.8 Å². The second-order valence-electron chi connectivity index (χ2n) is 2.06. The van der Waals surface area contributed by atoms with Crippen LogP contribution < -0.4 is 4.74 Å². The fourth-order valence-corrected chi connectivity index (χ4v) is 1.02. The maximum absolute atomic E-state index is 13.0. The summed E-state index contributed by atoms with van der Waals surface area (Å²) in [6.45, 7) is 0. The van der Waals surface area contributed by atoms with Gasteiger partial charge in [-0.05, 0) is 12.1 Å². The van der Waals surface area contributed by atoms with Gasteiger partial charge in [0.25, 0.3) is 0 Å². The molecule has 0 aliphatic rings. The van der Waals surface area contributed by atoms with Gasteiger partial charge < -0.3 is 4.74 Å². The summed E-state index contributed by atoms with van der Waals surface area (Å²) in [6.07, 6.45) is 0. The predicted molar refractivity (Wildman–Crippen MR) is 42.7 cm³/mol. The quantitative estimate of drug-likeness (QED) is 0.673. The lowest BCUT2D eigenvalue weighted by molar-refractivity contribution is 0.411. The van der Waals surface area contributed by atoms with E-state index in [0.29, 0.717) is 0 Å². The van der Waals surface area contributed by atoms with Crippen molar-refractivity contribution in [3.63, 3.8) is 0 Å². The Morgan fingerprint density at radius 1 is 1.58 bits per heavy atom. The van der Waals surface area contributed by atoms with Crippen molar-refractivity contribution in [1.29, 1.82) is 5.26 Å². The van der Waals surface area contributed by atoms with Crippen molar-refractivity contribution in [1.82, 2.24) is 0 Å². The summed E-state index contributed by atoms with van der Waals surface area (Å²) < 4.78 is 17.8. The van der Waals surface area contributed by atoms with Crippen LogP contribution in [-0.4, -0.2) is 7.11 Å². The normalized spacial score (nSPS) is 9.17. The van der Waals surface area contributed by atoms with Gasteiger partial charge in [0.15, 0.2) is 5.82 Å². The number of hydrogen-bond donors (Lipinski definition) is 0. The Morgan fingerprint density at radius 3 is 2.75 bits per heavy atom. The van der Waals surface area contributed by atoms with Crippen LogP contribution in [0, 0.1) is 17.1 Å². The Bertz CT molecular complexity index is 346. The van der Waals surface area contributed by atoms with Crippen LogP contribution in [0.2, 0.25) is 5.02 Å². The maximum Gasteiger partial charge on any atom is 0.163 e. The number of hydrogen-bond acceptors (Lipinski definition) is 2. The van der Waals surface area contributed by atoms with Crippen LogP contribution in [0.3, 0.4) is 0 Å². The highest BCUT2D eigenvalue weighted by Gasteiger charge is 2.10. The molecule has 0 aromatic heterocycles. The molecule has 0 saturated heterocycles. The van der Waals surface area contributed by atoms with E-state index in [0.717, 1.165) is 0 Å². The minimum atomic E-state index is -0.737. The second kappa shape index (κ2) is 3.42. The first-order valence-electron chi connectivity index (χ1n) is 3.12. The summed E-state index contributed by atoms with van der Waals surface area (Å²) in [5.74, 6) is -0.508. The summed E-state index contributed by atoms with van der Waals surface area (Å²) in [4.78, 5) is 0. The molecular weight excluding hydrogens is 181 g/mol. The molecule has 4 heteroatoms.